The number of benzene rings is 1. The predicted molar refractivity (Wildman–Crippen MR) is 107 cm³/mol. The van der Waals surface area contributed by atoms with Crippen LogP contribution in [0.15, 0.2) is 52.1 Å². The fourth-order valence-corrected chi connectivity index (χ4v) is 2.68. The van der Waals surface area contributed by atoms with Gasteiger partial charge >= 0.3 is 6.18 Å². The zero-order chi connectivity index (χ0) is 21.0. The highest BCUT2D eigenvalue weighted by Gasteiger charge is 2.25. The topological polar surface area (TPSA) is 58.8 Å². The lowest BCUT2D eigenvalue weighted by Gasteiger charge is -2.13. The van der Waals surface area contributed by atoms with Crippen LogP contribution in [0.5, 0.6) is 5.75 Å². The first-order valence-electron chi connectivity index (χ1n) is 9.70. The molecule has 2 rings (SSSR count). The monoisotopic (exact) mass is 411 g/mol. The van der Waals surface area contributed by atoms with Gasteiger partial charge in [-0.2, -0.15) is 13.2 Å². The van der Waals surface area contributed by atoms with Gasteiger partial charge in [0.2, 0.25) is 0 Å². The fraction of sp³-hybridized carbons (Fsp3) is 0.476. The van der Waals surface area contributed by atoms with Crippen LogP contribution in [-0.4, -0.2) is 38.9 Å². The van der Waals surface area contributed by atoms with E-state index in [4.69, 9.17) is 9.15 Å². The van der Waals surface area contributed by atoms with Gasteiger partial charge in [-0.25, -0.2) is 0 Å². The summed E-state index contributed by atoms with van der Waals surface area (Å²) in [5, 5.41) is 6.45. The van der Waals surface area contributed by atoms with Gasteiger partial charge in [0, 0.05) is 32.5 Å². The number of nitrogens with one attached hydrogen (secondary N) is 2. The maximum absolute atomic E-state index is 12.2. The number of alkyl halides is 3. The average Bonchev–Trinajstić information content (AvgIpc) is 3.20. The number of aliphatic imine (C=N–C) groups is 1. The van der Waals surface area contributed by atoms with Crippen LogP contribution in [0.3, 0.4) is 0 Å². The van der Waals surface area contributed by atoms with Crippen molar-refractivity contribution in [2.45, 2.75) is 38.3 Å². The molecule has 2 aromatic rings. The smallest absolute Gasteiger partial charge is 0.389 e. The highest BCUT2D eigenvalue weighted by atomic mass is 19.4. The third-order valence-corrected chi connectivity index (χ3v) is 4.25. The Labute approximate surface area is 169 Å². The van der Waals surface area contributed by atoms with Crippen molar-refractivity contribution in [1.29, 1.82) is 0 Å². The van der Waals surface area contributed by atoms with Crippen molar-refractivity contribution in [3.63, 3.8) is 0 Å². The number of methoxy groups -OCH3 is 1. The second-order valence-electron chi connectivity index (χ2n) is 6.58. The molecule has 0 spiro atoms. The first-order chi connectivity index (χ1) is 14.0. The minimum atomic E-state index is -4.11. The molecule has 1 aromatic heterocycles. The average molecular weight is 411 g/mol. The molecule has 1 heterocycles. The van der Waals surface area contributed by atoms with Gasteiger partial charge in [0.25, 0.3) is 0 Å². The van der Waals surface area contributed by atoms with Gasteiger partial charge in [-0.1, -0.05) is 12.1 Å². The van der Waals surface area contributed by atoms with Crippen LogP contribution in [-0.2, 0) is 12.8 Å². The quantitative estimate of drug-likeness (QED) is 0.328. The highest BCUT2D eigenvalue weighted by molar-refractivity contribution is 5.79. The lowest BCUT2D eigenvalue weighted by atomic mass is 10.1. The maximum Gasteiger partial charge on any atom is 0.389 e. The van der Waals surface area contributed by atoms with E-state index in [0.29, 0.717) is 38.4 Å². The summed E-state index contributed by atoms with van der Waals surface area (Å²) in [6, 6.07) is 11.5. The van der Waals surface area contributed by atoms with Gasteiger partial charge in [0.1, 0.15) is 11.5 Å². The summed E-state index contributed by atoms with van der Waals surface area (Å²) in [5.41, 5.74) is 1.15. The fourth-order valence-electron chi connectivity index (χ4n) is 2.68. The maximum atomic E-state index is 12.2. The molecule has 0 aliphatic heterocycles. The summed E-state index contributed by atoms with van der Waals surface area (Å²) in [6.45, 7) is 1.61. The molecule has 0 amide bonds. The molecule has 2 N–H and O–H groups in total. The van der Waals surface area contributed by atoms with Crippen LogP contribution in [0, 0.1) is 0 Å². The molecule has 0 aliphatic carbocycles. The minimum absolute atomic E-state index is 0.0819. The van der Waals surface area contributed by atoms with Gasteiger partial charge in [-0.3, -0.25) is 4.99 Å². The Morgan fingerprint density at radius 3 is 2.38 bits per heavy atom. The van der Waals surface area contributed by atoms with E-state index >= 15 is 0 Å². The first kappa shape index (κ1) is 22.6. The molecule has 160 valence electrons. The van der Waals surface area contributed by atoms with Gasteiger partial charge in [-0.05, 0) is 49.1 Å². The number of hydrogen-bond donors (Lipinski definition) is 2. The van der Waals surface area contributed by atoms with Crippen LogP contribution < -0.4 is 15.4 Å². The van der Waals surface area contributed by atoms with E-state index in [0.717, 1.165) is 23.5 Å². The van der Waals surface area contributed by atoms with E-state index < -0.39 is 12.6 Å². The highest BCUT2D eigenvalue weighted by Crippen LogP contribution is 2.22. The van der Waals surface area contributed by atoms with Crippen LogP contribution in [0.2, 0.25) is 0 Å². The largest absolute Gasteiger partial charge is 0.497 e. The minimum Gasteiger partial charge on any atom is -0.497 e. The number of nitrogens with zero attached hydrogens (tertiary/aromatic N) is 1. The van der Waals surface area contributed by atoms with E-state index in [-0.39, 0.29) is 6.42 Å². The van der Waals surface area contributed by atoms with Gasteiger partial charge < -0.3 is 19.8 Å². The van der Waals surface area contributed by atoms with Crippen molar-refractivity contribution in [3.05, 3.63) is 54.0 Å². The summed E-state index contributed by atoms with van der Waals surface area (Å²) >= 11 is 0. The Bertz CT molecular complexity index is 714. The molecule has 8 heteroatoms. The lowest BCUT2D eigenvalue weighted by Crippen LogP contribution is -2.39. The third kappa shape index (κ3) is 9.91. The summed E-state index contributed by atoms with van der Waals surface area (Å²) in [4.78, 5) is 4.40. The number of hydrogen-bond acceptors (Lipinski definition) is 3. The van der Waals surface area contributed by atoms with Crippen molar-refractivity contribution < 1.29 is 22.3 Å². The van der Waals surface area contributed by atoms with Crippen molar-refractivity contribution in [2.75, 3.05) is 26.7 Å². The molecule has 29 heavy (non-hydrogen) atoms. The number of rotatable bonds is 11. The Morgan fingerprint density at radius 1 is 1.03 bits per heavy atom. The van der Waals surface area contributed by atoms with Crippen LogP contribution in [0.4, 0.5) is 13.2 Å². The van der Waals surface area contributed by atoms with Crippen molar-refractivity contribution in [3.8, 4) is 5.75 Å². The molecular formula is C21H28F3N3O2. The lowest BCUT2D eigenvalue weighted by molar-refractivity contribution is -0.135. The van der Waals surface area contributed by atoms with Gasteiger partial charge in [0.15, 0.2) is 5.96 Å². The number of furan rings is 1. The number of guanidine groups is 1. The van der Waals surface area contributed by atoms with E-state index in [1.54, 1.807) is 13.4 Å². The Kier molecular flexibility index (Phi) is 9.40. The molecule has 0 aliphatic rings. The molecular weight excluding hydrogens is 383 g/mol. The van der Waals surface area contributed by atoms with E-state index in [1.165, 1.54) is 0 Å². The zero-order valence-corrected chi connectivity index (χ0v) is 16.6. The Morgan fingerprint density at radius 2 is 1.76 bits per heavy atom. The molecule has 1 aromatic carbocycles. The Balaban J connectivity index is 1.78. The molecule has 0 bridgehead atoms. The summed E-state index contributed by atoms with van der Waals surface area (Å²) < 4.78 is 47.2. The normalized spacial score (nSPS) is 12.1. The summed E-state index contributed by atoms with van der Waals surface area (Å²) in [6.07, 6.45) is -1.30. The van der Waals surface area contributed by atoms with E-state index in [1.807, 2.05) is 36.4 Å². The number of ether oxygens (including phenoxy) is 1. The molecule has 0 saturated heterocycles. The van der Waals surface area contributed by atoms with Crippen LogP contribution >= 0.6 is 0 Å². The second kappa shape index (κ2) is 12.0. The Hall–Kier alpha value is -2.64. The van der Waals surface area contributed by atoms with Gasteiger partial charge in [0.05, 0.1) is 13.4 Å². The third-order valence-electron chi connectivity index (χ3n) is 4.25. The zero-order valence-electron chi connectivity index (χ0n) is 16.6. The van der Waals surface area contributed by atoms with Crippen molar-refractivity contribution in [2.24, 2.45) is 4.99 Å². The summed E-state index contributed by atoms with van der Waals surface area (Å²) in [5.74, 6) is 2.26. The molecule has 0 radical (unpaired) electrons. The second-order valence-corrected chi connectivity index (χ2v) is 6.58. The standard InChI is InChI=1S/C21H28F3N3O2/c1-28-18-8-6-17(7-9-18)10-14-26-20(25-13-3-2-12-21(22,23)24)27-15-11-19-5-4-16-29-19/h4-9,16H,2-3,10-15H2,1H3,(H2,25,26,27). The van der Waals surface area contributed by atoms with E-state index in [2.05, 4.69) is 15.6 Å². The van der Waals surface area contributed by atoms with Crippen molar-refractivity contribution >= 4 is 5.96 Å². The van der Waals surface area contributed by atoms with Gasteiger partial charge in [-0.15, -0.1) is 0 Å². The predicted octanol–water partition coefficient (Wildman–Crippen LogP) is 4.34. The number of unbranched alkanes of at least 4 members (excludes halogenated alkanes) is 1. The molecule has 0 unspecified atom stereocenters. The van der Waals surface area contributed by atoms with Crippen molar-refractivity contribution in [1.82, 2.24) is 10.6 Å². The van der Waals surface area contributed by atoms with E-state index in [9.17, 15) is 13.2 Å². The first-order valence-corrected chi connectivity index (χ1v) is 9.70. The number of halogens is 3. The molecule has 0 fully saturated rings. The molecule has 0 saturated carbocycles. The molecule has 0 atom stereocenters. The van der Waals surface area contributed by atoms with Crippen LogP contribution in [0.25, 0.3) is 0 Å². The molecule has 5 nitrogen and oxygen atoms in total. The SMILES string of the molecule is COc1ccc(CCNC(=NCCCCC(F)(F)F)NCCc2ccco2)cc1. The summed E-state index contributed by atoms with van der Waals surface area (Å²) in [7, 11) is 1.63. The van der Waals surface area contributed by atoms with Crippen LogP contribution in [0.1, 0.15) is 30.6 Å².